The monoisotopic (exact) mass is 282 g/mol. The van der Waals surface area contributed by atoms with Crippen molar-refractivity contribution in [3.63, 3.8) is 0 Å². The van der Waals surface area contributed by atoms with E-state index < -0.39 is 16.9 Å². The molecule has 1 aliphatic heterocycles. The van der Waals surface area contributed by atoms with Crippen LogP contribution in [-0.2, 0) is 9.59 Å². The third-order valence-electron chi connectivity index (χ3n) is 4.91. The Morgan fingerprint density at radius 1 is 1.30 bits per heavy atom. The molecular weight excluding hydrogens is 256 g/mol. The van der Waals surface area contributed by atoms with Crippen molar-refractivity contribution in [3.05, 3.63) is 0 Å². The maximum Gasteiger partial charge on any atom is 0.329 e. The van der Waals surface area contributed by atoms with Gasteiger partial charge in [0.25, 0.3) is 0 Å². The fourth-order valence-corrected chi connectivity index (χ4v) is 3.53. The maximum absolute atomic E-state index is 12.6. The van der Waals surface area contributed by atoms with Crippen LogP contribution in [0.2, 0.25) is 0 Å². The van der Waals surface area contributed by atoms with Gasteiger partial charge in [0.1, 0.15) is 5.54 Å². The van der Waals surface area contributed by atoms with Crippen molar-refractivity contribution < 1.29 is 14.7 Å². The summed E-state index contributed by atoms with van der Waals surface area (Å²) in [5, 5.41) is 15.7. The van der Waals surface area contributed by atoms with Crippen LogP contribution in [0.5, 0.6) is 0 Å². The van der Waals surface area contributed by atoms with E-state index in [-0.39, 0.29) is 5.91 Å². The van der Waals surface area contributed by atoms with Crippen molar-refractivity contribution in [3.8, 4) is 0 Å². The number of carbonyl (C=O) groups excluding carboxylic acids is 1. The summed E-state index contributed by atoms with van der Waals surface area (Å²) in [7, 11) is 0. The van der Waals surface area contributed by atoms with Crippen LogP contribution in [0.15, 0.2) is 0 Å². The molecule has 2 aliphatic rings. The minimum Gasteiger partial charge on any atom is -0.480 e. The number of hydrogen-bond acceptors (Lipinski definition) is 3. The van der Waals surface area contributed by atoms with Gasteiger partial charge in [-0.15, -0.1) is 0 Å². The average Bonchev–Trinajstić information content (AvgIpc) is 2.39. The number of aliphatic carboxylic acids is 1. The molecule has 0 aromatic rings. The van der Waals surface area contributed by atoms with Crippen LogP contribution in [0.25, 0.3) is 0 Å². The number of amides is 1. The quantitative estimate of drug-likeness (QED) is 0.733. The van der Waals surface area contributed by atoms with Gasteiger partial charge in [-0.05, 0) is 45.1 Å². The van der Waals surface area contributed by atoms with Crippen LogP contribution < -0.4 is 10.6 Å². The van der Waals surface area contributed by atoms with Gasteiger partial charge in [0.05, 0.1) is 5.41 Å². The van der Waals surface area contributed by atoms with E-state index in [1.165, 1.54) is 0 Å². The van der Waals surface area contributed by atoms with Gasteiger partial charge in [0.15, 0.2) is 0 Å². The highest BCUT2D eigenvalue weighted by Gasteiger charge is 2.46. The lowest BCUT2D eigenvalue weighted by molar-refractivity contribution is -0.152. The lowest BCUT2D eigenvalue weighted by atomic mass is 9.74. The van der Waals surface area contributed by atoms with Crippen molar-refractivity contribution in [1.82, 2.24) is 10.6 Å². The Morgan fingerprint density at radius 2 is 2.05 bits per heavy atom. The molecule has 5 heteroatoms. The number of piperidine rings is 1. The minimum atomic E-state index is -1.06. The zero-order chi connectivity index (χ0) is 14.8. The SMILES string of the molecule is CC1CCCC(NC(=O)C2(C)CCCNC2)(C(=O)O)C1. The third kappa shape index (κ3) is 2.97. The summed E-state index contributed by atoms with van der Waals surface area (Å²) in [6.07, 6.45) is 4.77. The molecule has 0 radical (unpaired) electrons. The van der Waals surface area contributed by atoms with Crippen LogP contribution in [0.3, 0.4) is 0 Å². The molecule has 3 unspecified atom stereocenters. The van der Waals surface area contributed by atoms with E-state index in [1.807, 2.05) is 6.92 Å². The van der Waals surface area contributed by atoms with E-state index in [4.69, 9.17) is 0 Å². The average molecular weight is 282 g/mol. The second-order valence-electron chi connectivity index (χ2n) is 6.88. The van der Waals surface area contributed by atoms with Crippen molar-refractivity contribution in [2.75, 3.05) is 13.1 Å². The Hall–Kier alpha value is -1.10. The molecule has 0 bridgehead atoms. The van der Waals surface area contributed by atoms with E-state index in [0.29, 0.717) is 25.3 Å². The fourth-order valence-electron chi connectivity index (χ4n) is 3.53. The second kappa shape index (κ2) is 5.72. The molecule has 3 atom stereocenters. The summed E-state index contributed by atoms with van der Waals surface area (Å²) in [5.41, 5.74) is -1.55. The normalized spacial score (nSPS) is 38.2. The molecule has 3 N–H and O–H groups in total. The molecule has 1 saturated carbocycles. The van der Waals surface area contributed by atoms with Crippen LogP contribution >= 0.6 is 0 Å². The molecule has 1 saturated heterocycles. The predicted octanol–water partition coefficient (Wildman–Crippen LogP) is 1.53. The Kier molecular flexibility index (Phi) is 4.37. The van der Waals surface area contributed by atoms with Gasteiger partial charge in [-0.25, -0.2) is 4.79 Å². The third-order valence-corrected chi connectivity index (χ3v) is 4.91. The first-order valence-electron chi connectivity index (χ1n) is 7.65. The van der Waals surface area contributed by atoms with Gasteiger partial charge in [-0.2, -0.15) is 0 Å². The highest BCUT2D eigenvalue weighted by molar-refractivity contribution is 5.90. The molecule has 2 fully saturated rings. The summed E-state index contributed by atoms with van der Waals surface area (Å²) in [5.74, 6) is -0.650. The first-order valence-corrected chi connectivity index (χ1v) is 7.65. The molecular formula is C15H26N2O3. The molecule has 20 heavy (non-hydrogen) atoms. The lowest BCUT2D eigenvalue weighted by Gasteiger charge is -2.41. The van der Waals surface area contributed by atoms with Crippen molar-refractivity contribution in [2.45, 2.75) is 57.9 Å². The molecule has 2 rings (SSSR count). The van der Waals surface area contributed by atoms with Gasteiger partial charge in [0.2, 0.25) is 5.91 Å². The first kappa shape index (κ1) is 15.3. The highest BCUT2D eigenvalue weighted by Crippen LogP contribution is 2.34. The van der Waals surface area contributed by atoms with Gasteiger partial charge >= 0.3 is 5.97 Å². The predicted molar refractivity (Wildman–Crippen MR) is 76.4 cm³/mol. The number of carbonyl (C=O) groups is 2. The van der Waals surface area contributed by atoms with Crippen LogP contribution in [-0.4, -0.2) is 35.6 Å². The number of rotatable bonds is 3. The van der Waals surface area contributed by atoms with E-state index in [1.54, 1.807) is 0 Å². The van der Waals surface area contributed by atoms with E-state index >= 15 is 0 Å². The molecule has 0 aromatic carbocycles. The zero-order valence-electron chi connectivity index (χ0n) is 12.5. The van der Waals surface area contributed by atoms with Gasteiger partial charge in [0, 0.05) is 6.54 Å². The zero-order valence-corrected chi connectivity index (χ0v) is 12.5. The molecule has 114 valence electrons. The van der Waals surface area contributed by atoms with Crippen LogP contribution in [0.4, 0.5) is 0 Å². The minimum absolute atomic E-state index is 0.110. The maximum atomic E-state index is 12.6. The number of nitrogens with one attached hydrogen (secondary N) is 2. The van der Waals surface area contributed by atoms with E-state index in [2.05, 4.69) is 17.6 Å². The summed E-state index contributed by atoms with van der Waals surface area (Å²) in [4.78, 5) is 24.3. The molecule has 0 spiro atoms. The van der Waals surface area contributed by atoms with E-state index in [0.717, 1.165) is 32.2 Å². The Bertz CT molecular complexity index is 391. The molecule has 5 nitrogen and oxygen atoms in total. The Morgan fingerprint density at radius 3 is 2.60 bits per heavy atom. The molecule has 1 heterocycles. The standard InChI is InChI=1S/C15H26N2O3/c1-11-5-3-7-15(9-11,13(19)20)17-12(18)14(2)6-4-8-16-10-14/h11,16H,3-10H2,1-2H3,(H,17,18)(H,19,20). The van der Waals surface area contributed by atoms with Crippen LogP contribution in [0, 0.1) is 11.3 Å². The molecule has 1 aliphatic carbocycles. The summed E-state index contributed by atoms with van der Waals surface area (Å²) < 4.78 is 0. The Labute approximate surface area is 120 Å². The number of carboxylic acids is 1. The highest BCUT2D eigenvalue weighted by atomic mass is 16.4. The van der Waals surface area contributed by atoms with Crippen molar-refractivity contribution in [1.29, 1.82) is 0 Å². The summed E-state index contributed by atoms with van der Waals surface area (Å²) in [6, 6.07) is 0. The Balaban J connectivity index is 2.11. The summed E-state index contributed by atoms with van der Waals surface area (Å²) in [6.45, 7) is 5.55. The van der Waals surface area contributed by atoms with Gasteiger partial charge in [-0.1, -0.05) is 19.8 Å². The van der Waals surface area contributed by atoms with Gasteiger partial charge < -0.3 is 15.7 Å². The largest absolute Gasteiger partial charge is 0.480 e. The molecule has 1 amide bonds. The van der Waals surface area contributed by atoms with Crippen molar-refractivity contribution in [2.24, 2.45) is 11.3 Å². The van der Waals surface area contributed by atoms with Crippen LogP contribution in [0.1, 0.15) is 52.4 Å². The second-order valence-corrected chi connectivity index (χ2v) is 6.88. The van der Waals surface area contributed by atoms with E-state index in [9.17, 15) is 14.7 Å². The summed E-state index contributed by atoms with van der Waals surface area (Å²) >= 11 is 0. The van der Waals surface area contributed by atoms with Crippen molar-refractivity contribution >= 4 is 11.9 Å². The first-order chi connectivity index (χ1) is 9.38. The lowest BCUT2D eigenvalue weighted by Crippen LogP contribution is -2.61. The van der Waals surface area contributed by atoms with Gasteiger partial charge in [-0.3, -0.25) is 4.79 Å². The topological polar surface area (TPSA) is 78.4 Å². The number of hydrogen-bond donors (Lipinski definition) is 3. The number of carboxylic acid groups (broad SMARTS) is 1. The molecule has 0 aromatic heterocycles. The fraction of sp³-hybridized carbons (Fsp3) is 0.867. The smallest absolute Gasteiger partial charge is 0.329 e.